The number of rotatable bonds is 5. The number of thioether (sulfide) groups is 1. The molecule has 2 saturated carbocycles. The van der Waals surface area contributed by atoms with E-state index in [1.54, 1.807) is 0 Å². The van der Waals surface area contributed by atoms with Crippen LogP contribution in [0.1, 0.15) is 25.7 Å². The third kappa shape index (κ3) is 3.30. The average Bonchev–Trinajstić information content (AvgIpc) is 3.30. The molecule has 2 bridgehead atoms. The average molecular weight is 363 g/mol. The molecule has 24 heavy (non-hydrogen) atoms. The van der Waals surface area contributed by atoms with Gasteiger partial charge in [0.15, 0.2) is 5.82 Å². The number of hydrogen-bond acceptors (Lipinski definition) is 4. The van der Waals surface area contributed by atoms with Gasteiger partial charge in [0.2, 0.25) is 11.1 Å². The van der Waals surface area contributed by atoms with Gasteiger partial charge in [-0.25, -0.2) is 4.98 Å². The number of benzene rings is 1. The minimum absolute atomic E-state index is 0.0710. The summed E-state index contributed by atoms with van der Waals surface area (Å²) in [5.74, 6) is 2.56. The second-order valence-corrected chi connectivity index (χ2v) is 7.93. The van der Waals surface area contributed by atoms with Gasteiger partial charge in [0.1, 0.15) is 0 Å². The molecule has 4 rings (SSSR count). The minimum Gasteiger partial charge on any atom is -0.352 e. The Kier molecular flexibility index (Phi) is 4.50. The zero-order valence-corrected chi connectivity index (χ0v) is 14.7. The van der Waals surface area contributed by atoms with E-state index in [1.165, 1.54) is 31.0 Å². The molecule has 0 radical (unpaired) electrons. The lowest BCUT2D eigenvalue weighted by Gasteiger charge is -2.22. The molecule has 3 atom stereocenters. The van der Waals surface area contributed by atoms with E-state index in [1.807, 2.05) is 24.3 Å². The Hall–Kier alpha value is -1.53. The SMILES string of the molecule is O=C(CSc1n[nH]c(-c2ccccc2Cl)n1)N[C@@H]1C[C@@H]2CC[C@@H]1C2. The van der Waals surface area contributed by atoms with Crippen molar-refractivity contribution in [2.24, 2.45) is 11.8 Å². The van der Waals surface area contributed by atoms with E-state index in [-0.39, 0.29) is 5.91 Å². The van der Waals surface area contributed by atoms with Crippen molar-refractivity contribution >= 4 is 29.3 Å². The summed E-state index contributed by atoms with van der Waals surface area (Å²) in [6, 6.07) is 7.85. The van der Waals surface area contributed by atoms with Gasteiger partial charge in [0.05, 0.1) is 10.8 Å². The van der Waals surface area contributed by atoms with E-state index in [0.29, 0.717) is 33.7 Å². The predicted octanol–water partition coefficient (Wildman–Crippen LogP) is 3.52. The highest BCUT2D eigenvalue weighted by Crippen LogP contribution is 2.44. The van der Waals surface area contributed by atoms with Crippen LogP contribution >= 0.6 is 23.4 Å². The Balaban J connectivity index is 1.32. The van der Waals surface area contributed by atoms with Crippen molar-refractivity contribution in [1.82, 2.24) is 20.5 Å². The number of carbonyl (C=O) groups excluding carboxylic acids is 1. The minimum atomic E-state index is 0.0710. The van der Waals surface area contributed by atoms with E-state index in [0.717, 1.165) is 17.9 Å². The number of carbonyl (C=O) groups is 1. The van der Waals surface area contributed by atoms with Gasteiger partial charge in [-0.2, -0.15) is 0 Å². The first-order chi connectivity index (χ1) is 11.7. The van der Waals surface area contributed by atoms with Crippen molar-refractivity contribution in [2.45, 2.75) is 36.9 Å². The van der Waals surface area contributed by atoms with Gasteiger partial charge >= 0.3 is 0 Å². The van der Waals surface area contributed by atoms with Crippen molar-refractivity contribution in [3.05, 3.63) is 29.3 Å². The lowest BCUT2D eigenvalue weighted by atomic mass is 9.95. The lowest BCUT2D eigenvalue weighted by molar-refractivity contribution is -0.119. The molecule has 2 aliphatic rings. The zero-order valence-electron chi connectivity index (χ0n) is 13.2. The van der Waals surface area contributed by atoms with Crippen LogP contribution in [0.2, 0.25) is 5.02 Å². The largest absolute Gasteiger partial charge is 0.352 e. The number of H-pyrrole nitrogens is 1. The van der Waals surface area contributed by atoms with Crippen molar-refractivity contribution in [3.63, 3.8) is 0 Å². The summed E-state index contributed by atoms with van der Waals surface area (Å²) in [6.45, 7) is 0. The summed E-state index contributed by atoms with van der Waals surface area (Å²) in [4.78, 5) is 16.6. The Morgan fingerprint density at radius 3 is 2.96 bits per heavy atom. The number of nitrogens with one attached hydrogen (secondary N) is 2. The molecule has 0 spiro atoms. The molecule has 2 aromatic rings. The molecule has 2 fully saturated rings. The topological polar surface area (TPSA) is 70.7 Å². The molecule has 0 unspecified atom stereocenters. The molecule has 1 heterocycles. The molecule has 1 amide bonds. The zero-order chi connectivity index (χ0) is 16.5. The number of hydrogen-bond donors (Lipinski definition) is 2. The second kappa shape index (κ2) is 6.76. The van der Waals surface area contributed by atoms with E-state index < -0.39 is 0 Å². The number of fused-ring (bicyclic) bond motifs is 2. The molecule has 1 aromatic carbocycles. The van der Waals surface area contributed by atoms with Gasteiger partial charge < -0.3 is 5.32 Å². The highest BCUT2D eigenvalue weighted by molar-refractivity contribution is 7.99. The second-order valence-electron chi connectivity index (χ2n) is 6.58. The number of nitrogens with zero attached hydrogens (tertiary/aromatic N) is 2. The Morgan fingerprint density at radius 1 is 1.33 bits per heavy atom. The van der Waals surface area contributed by atoms with Gasteiger partial charge in [-0.05, 0) is 43.2 Å². The molecule has 0 saturated heterocycles. The lowest BCUT2D eigenvalue weighted by Crippen LogP contribution is -2.39. The van der Waals surface area contributed by atoms with E-state index in [2.05, 4.69) is 20.5 Å². The molecule has 2 aliphatic carbocycles. The van der Waals surface area contributed by atoms with Crippen LogP contribution in [-0.4, -0.2) is 32.9 Å². The van der Waals surface area contributed by atoms with Crippen molar-refractivity contribution in [1.29, 1.82) is 0 Å². The van der Waals surface area contributed by atoms with Crippen LogP contribution in [0, 0.1) is 11.8 Å². The maximum atomic E-state index is 12.2. The van der Waals surface area contributed by atoms with Crippen LogP contribution in [0.5, 0.6) is 0 Å². The van der Waals surface area contributed by atoms with Crippen LogP contribution < -0.4 is 5.32 Å². The molecule has 5 nitrogen and oxygen atoms in total. The standard InChI is InChI=1S/C17H19ClN4OS/c18-13-4-2-1-3-12(13)16-20-17(22-21-16)24-9-15(23)19-14-8-10-5-6-11(14)7-10/h1-4,10-11,14H,5-9H2,(H,19,23)(H,20,21,22)/t10-,11-,14-/m1/s1. The van der Waals surface area contributed by atoms with Crippen molar-refractivity contribution in [2.75, 3.05) is 5.75 Å². The third-order valence-corrected chi connectivity index (χ3v) is 6.19. The van der Waals surface area contributed by atoms with E-state index in [9.17, 15) is 4.79 Å². The summed E-state index contributed by atoms with van der Waals surface area (Å²) >= 11 is 7.51. The molecule has 7 heteroatoms. The van der Waals surface area contributed by atoms with Gasteiger partial charge in [-0.1, -0.05) is 41.9 Å². The maximum absolute atomic E-state index is 12.2. The number of halogens is 1. The summed E-state index contributed by atoms with van der Waals surface area (Å²) < 4.78 is 0. The fourth-order valence-electron chi connectivity index (χ4n) is 3.88. The van der Waals surface area contributed by atoms with Crippen molar-refractivity contribution in [3.8, 4) is 11.4 Å². The van der Waals surface area contributed by atoms with Crippen LogP contribution in [0.25, 0.3) is 11.4 Å². The molecular formula is C17H19ClN4OS. The first kappa shape index (κ1) is 16.0. The van der Waals surface area contributed by atoms with Crippen LogP contribution in [-0.2, 0) is 4.79 Å². The van der Waals surface area contributed by atoms with E-state index in [4.69, 9.17) is 11.6 Å². The quantitative estimate of drug-likeness (QED) is 0.798. The smallest absolute Gasteiger partial charge is 0.230 e. The van der Waals surface area contributed by atoms with Crippen molar-refractivity contribution < 1.29 is 4.79 Å². The number of aromatic amines is 1. The van der Waals surface area contributed by atoms with E-state index >= 15 is 0 Å². The molecular weight excluding hydrogens is 344 g/mol. The van der Waals surface area contributed by atoms with Crippen LogP contribution in [0.15, 0.2) is 29.4 Å². The monoisotopic (exact) mass is 362 g/mol. The summed E-state index contributed by atoms with van der Waals surface area (Å²) in [7, 11) is 0. The molecule has 126 valence electrons. The maximum Gasteiger partial charge on any atom is 0.230 e. The Labute approximate surface area is 150 Å². The van der Waals surface area contributed by atoms with Gasteiger partial charge in [-0.15, -0.1) is 5.10 Å². The van der Waals surface area contributed by atoms with Gasteiger partial charge in [0, 0.05) is 11.6 Å². The summed E-state index contributed by atoms with van der Waals surface area (Å²) in [5.41, 5.74) is 0.810. The number of aromatic nitrogens is 3. The predicted molar refractivity (Wildman–Crippen MR) is 94.9 cm³/mol. The first-order valence-corrected chi connectivity index (χ1v) is 9.65. The highest BCUT2D eigenvalue weighted by atomic mass is 35.5. The summed E-state index contributed by atoms with van der Waals surface area (Å²) in [6.07, 6.45) is 5.05. The highest BCUT2D eigenvalue weighted by Gasteiger charge is 2.39. The third-order valence-electron chi connectivity index (χ3n) is 5.01. The van der Waals surface area contributed by atoms with Crippen LogP contribution in [0.3, 0.4) is 0 Å². The Bertz CT molecular complexity index is 750. The Morgan fingerprint density at radius 2 is 2.21 bits per heavy atom. The van der Waals surface area contributed by atoms with Crippen LogP contribution in [0.4, 0.5) is 0 Å². The number of amides is 1. The molecule has 2 N–H and O–H groups in total. The fraction of sp³-hybridized carbons (Fsp3) is 0.471. The summed E-state index contributed by atoms with van der Waals surface area (Å²) in [5, 5.41) is 11.4. The molecule has 0 aliphatic heterocycles. The van der Waals surface area contributed by atoms with Gasteiger partial charge in [-0.3, -0.25) is 9.89 Å². The van der Waals surface area contributed by atoms with Gasteiger partial charge in [0.25, 0.3) is 0 Å². The molecule has 1 aromatic heterocycles. The normalized spacial score (nSPS) is 25.1. The first-order valence-electron chi connectivity index (χ1n) is 8.28. The fourth-order valence-corrected chi connectivity index (χ4v) is 4.72.